The monoisotopic (exact) mass is 240 g/mol. The average Bonchev–Trinajstić information content (AvgIpc) is 2.28. The van der Waals surface area contributed by atoms with E-state index in [-0.39, 0.29) is 17.8 Å². The molecule has 0 heterocycles. The van der Waals surface area contributed by atoms with Crippen molar-refractivity contribution in [2.24, 2.45) is 5.73 Å². The number of ether oxygens (including phenoxy) is 1. The van der Waals surface area contributed by atoms with E-state index in [2.05, 4.69) is 5.32 Å². The molecule has 1 aromatic rings. The summed E-state index contributed by atoms with van der Waals surface area (Å²) in [4.78, 5) is 11.4. The third-order valence-electron chi connectivity index (χ3n) is 2.43. The summed E-state index contributed by atoms with van der Waals surface area (Å²) in [5, 5.41) is 2.69. The van der Waals surface area contributed by atoms with Gasteiger partial charge in [-0.05, 0) is 32.0 Å². The van der Waals surface area contributed by atoms with Crippen molar-refractivity contribution in [3.63, 3.8) is 0 Å². The Balaban J connectivity index is 2.91. The maximum absolute atomic E-state index is 13.1. The first-order chi connectivity index (χ1) is 7.95. The van der Waals surface area contributed by atoms with Crippen LogP contribution in [0.25, 0.3) is 0 Å². The fourth-order valence-corrected chi connectivity index (χ4v) is 1.47. The van der Waals surface area contributed by atoms with Crippen LogP contribution in [0.5, 0.6) is 5.75 Å². The van der Waals surface area contributed by atoms with Crippen molar-refractivity contribution >= 4 is 5.91 Å². The topological polar surface area (TPSA) is 64.3 Å². The predicted molar refractivity (Wildman–Crippen MR) is 63.2 cm³/mol. The van der Waals surface area contributed by atoms with E-state index < -0.39 is 6.04 Å². The van der Waals surface area contributed by atoms with Crippen molar-refractivity contribution < 1.29 is 13.9 Å². The molecule has 4 nitrogen and oxygen atoms in total. The highest BCUT2D eigenvalue weighted by atomic mass is 19.1. The summed E-state index contributed by atoms with van der Waals surface area (Å²) in [7, 11) is 1.50. The average molecular weight is 240 g/mol. The largest absolute Gasteiger partial charge is 0.496 e. The number of amides is 1. The molecule has 0 saturated heterocycles. The van der Waals surface area contributed by atoms with Gasteiger partial charge >= 0.3 is 0 Å². The number of nitrogens with two attached hydrogens (primary N) is 1. The van der Waals surface area contributed by atoms with Crippen LogP contribution in [0, 0.1) is 5.82 Å². The minimum Gasteiger partial charge on any atom is -0.496 e. The molecule has 0 aliphatic heterocycles. The quantitative estimate of drug-likeness (QED) is 0.835. The third-order valence-corrected chi connectivity index (χ3v) is 2.43. The van der Waals surface area contributed by atoms with Gasteiger partial charge in [0.2, 0.25) is 5.91 Å². The van der Waals surface area contributed by atoms with Gasteiger partial charge in [-0.3, -0.25) is 4.79 Å². The van der Waals surface area contributed by atoms with Crippen molar-refractivity contribution in [1.29, 1.82) is 0 Å². The molecule has 5 heteroatoms. The number of hydrogen-bond acceptors (Lipinski definition) is 3. The first-order valence-corrected chi connectivity index (χ1v) is 5.35. The van der Waals surface area contributed by atoms with E-state index in [1.165, 1.54) is 25.3 Å². The Morgan fingerprint density at radius 3 is 2.65 bits per heavy atom. The second-order valence-electron chi connectivity index (χ2n) is 3.91. The number of benzene rings is 1. The maximum atomic E-state index is 13.1. The van der Waals surface area contributed by atoms with Crippen molar-refractivity contribution in [3.8, 4) is 5.75 Å². The molecule has 0 bridgehead atoms. The zero-order valence-corrected chi connectivity index (χ0v) is 10.2. The summed E-state index contributed by atoms with van der Waals surface area (Å²) >= 11 is 0. The van der Waals surface area contributed by atoms with E-state index in [0.29, 0.717) is 11.3 Å². The molecule has 0 aliphatic rings. The van der Waals surface area contributed by atoms with E-state index in [1.54, 1.807) is 13.8 Å². The SMILES string of the molecule is COc1ccc(F)cc1C(C)NC(=O)[C@@H](C)N. The van der Waals surface area contributed by atoms with Crippen LogP contribution in [0.2, 0.25) is 0 Å². The van der Waals surface area contributed by atoms with Crippen LogP contribution in [-0.2, 0) is 4.79 Å². The molecule has 0 spiro atoms. The van der Waals surface area contributed by atoms with Crippen LogP contribution < -0.4 is 15.8 Å². The van der Waals surface area contributed by atoms with Gasteiger partial charge in [-0.2, -0.15) is 0 Å². The number of carbonyl (C=O) groups excluding carboxylic acids is 1. The van der Waals surface area contributed by atoms with Gasteiger partial charge in [0, 0.05) is 5.56 Å². The van der Waals surface area contributed by atoms with Crippen LogP contribution in [0.15, 0.2) is 18.2 Å². The summed E-state index contributed by atoms with van der Waals surface area (Å²) in [6.07, 6.45) is 0. The highest BCUT2D eigenvalue weighted by Gasteiger charge is 2.16. The van der Waals surface area contributed by atoms with Gasteiger partial charge in [-0.1, -0.05) is 0 Å². The third kappa shape index (κ3) is 3.42. The Bertz CT molecular complexity index is 407. The lowest BCUT2D eigenvalue weighted by molar-refractivity contribution is -0.122. The Labute approximate surface area is 100.0 Å². The number of hydrogen-bond donors (Lipinski definition) is 2. The molecule has 0 aromatic heterocycles. The number of methoxy groups -OCH3 is 1. The highest BCUT2D eigenvalue weighted by Crippen LogP contribution is 2.25. The van der Waals surface area contributed by atoms with Crippen molar-refractivity contribution in [2.45, 2.75) is 25.9 Å². The van der Waals surface area contributed by atoms with Crippen LogP contribution >= 0.6 is 0 Å². The minimum atomic E-state index is -0.600. The molecule has 0 radical (unpaired) electrons. The summed E-state index contributed by atoms with van der Waals surface area (Å²) in [6.45, 7) is 3.34. The number of nitrogens with one attached hydrogen (secondary N) is 1. The standard InChI is InChI=1S/C12H17FN2O2/c1-7(14)12(16)15-8(2)10-6-9(13)4-5-11(10)17-3/h4-8H,14H2,1-3H3,(H,15,16)/t7-,8?/m1/s1. The van der Waals surface area contributed by atoms with E-state index in [1.807, 2.05) is 0 Å². The van der Waals surface area contributed by atoms with Crippen LogP contribution in [-0.4, -0.2) is 19.1 Å². The normalized spacial score (nSPS) is 13.9. The fraction of sp³-hybridized carbons (Fsp3) is 0.417. The predicted octanol–water partition coefficient (Wildman–Crippen LogP) is 1.36. The van der Waals surface area contributed by atoms with Crippen LogP contribution in [0.4, 0.5) is 4.39 Å². The molecule has 17 heavy (non-hydrogen) atoms. The van der Waals surface area contributed by atoms with Gasteiger partial charge in [-0.15, -0.1) is 0 Å². The van der Waals surface area contributed by atoms with Crippen LogP contribution in [0.1, 0.15) is 25.5 Å². The second-order valence-corrected chi connectivity index (χ2v) is 3.91. The van der Waals surface area contributed by atoms with E-state index in [4.69, 9.17) is 10.5 Å². The summed E-state index contributed by atoms with van der Waals surface area (Å²) in [5.41, 5.74) is 6.03. The Kier molecular flexibility index (Phi) is 4.45. The molecular formula is C12H17FN2O2. The van der Waals surface area contributed by atoms with Gasteiger partial charge in [-0.25, -0.2) is 4.39 Å². The maximum Gasteiger partial charge on any atom is 0.237 e. The molecule has 3 N–H and O–H groups in total. The smallest absolute Gasteiger partial charge is 0.237 e. The zero-order chi connectivity index (χ0) is 13.0. The molecule has 1 rings (SSSR count). The van der Waals surface area contributed by atoms with Crippen molar-refractivity contribution in [2.75, 3.05) is 7.11 Å². The van der Waals surface area contributed by atoms with Gasteiger partial charge in [0.05, 0.1) is 19.2 Å². The molecule has 0 saturated carbocycles. The molecule has 1 aromatic carbocycles. The minimum absolute atomic E-state index is 0.288. The molecule has 0 aliphatic carbocycles. The van der Waals surface area contributed by atoms with E-state index in [0.717, 1.165) is 0 Å². The van der Waals surface area contributed by atoms with Gasteiger partial charge in [0.1, 0.15) is 11.6 Å². The number of halogens is 1. The molecule has 1 unspecified atom stereocenters. The van der Waals surface area contributed by atoms with Gasteiger partial charge in [0.25, 0.3) is 0 Å². The zero-order valence-electron chi connectivity index (χ0n) is 10.2. The first-order valence-electron chi connectivity index (χ1n) is 5.35. The Morgan fingerprint density at radius 2 is 2.12 bits per heavy atom. The molecule has 2 atom stereocenters. The highest BCUT2D eigenvalue weighted by molar-refractivity contribution is 5.81. The van der Waals surface area contributed by atoms with E-state index in [9.17, 15) is 9.18 Å². The molecular weight excluding hydrogens is 223 g/mol. The lowest BCUT2D eigenvalue weighted by atomic mass is 10.1. The Morgan fingerprint density at radius 1 is 1.47 bits per heavy atom. The lowest BCUT2D eigenvalue weighted by Gasteiger charge is -2.18. The van der Waals surface area contributed by atoms with E-state index >= 15 is 0 Å². The van der Waals surface area contributed by atoms with Crippen molar-refractivity contribution in [3.05, 3.63) is 29.6 Å². The van der Waals surface area contributed by atoms with Crippen molar-refractivity contribution in [1.82, 2.24) is 5.32 Å². The molecule has 1 amide bonds. The number of carbonyl (C=O) groups is 1. The molecule has 94 valence electrons. The summed E-state index contributed by atoms with van der Waals surface area (Å²) in [5.74, 6) is -0.129. The first kappa shape index (κ1) is 13.4. The lowest BCUT2D eigenvalue weighted by Crippen LogP contribution is -2.39. The fourth-order valence-electron chi connectivity index (χ4n) is 1.47. The molecule has 0 fully saturated rings. The summed E-state index contributed by atoms with van der Waals surface area (Å²) in [6, 6.07) is 3.21. The van der Waals surface area contributed by atoms with Gasteiger partial charge < -0.3 is 15.8 Å². The number of rotatable bonds is 4. The van der Waals surface area contributed by atoms with Gasteiger partial charge in [0.15, 0.2) is 0 Å². The second kappa shape index (κ2) is 5.63. The summed E-state index contributed by atoms with van der Waals surface area (Å²) < 4.78 is 18.3. The van der Waals surface area contributed by atoms with Crippen LogP contribution in [0.3, 0.4) is 0 Å². The Hall–Kier alpha value is -1.62.